The SMILES string of the molecule is CC(C)(C)c1csc(C23CC4CC(CC(C4)C2)C3)n1. The number of nitrogens with zero attached hydrogens (tertiary/aromatic N) is 1. The number of hydrogen-bond acceptors (Lipinski definition) is 2. The third-order valence-corrected chi connectivity index (χ3v) is 6.85. The van der Waals surface area contributed by atoms with Gasteiger partial charge >= 0.3 is 0 Å². The molecule has 1 heterocycles. The van der Waals surface area contributed by atoms with Crippen LogP contribution in [0, 0.1) is 17.8 Å². The summed E-state index contributed by atoms with van der Waals surface area (Å²) in [6, 6.07) is 0. The van der Waals surface area contributed by atoms with Gasteiger partial charge in [0.1, 0.15) is 0 Å². The molecule has 1 aromatic rings. The monoisotopic (exact) mass is 275 g/mol. The van der Waals surface area contributed by atoms with Crippen molar-refractivity contribution in [2.45, 2.75) is 70.1 Å². The van der Waals surface area contributed by atoms with Crippen LogP contribution in [0.2, 0.25) is 0 Å². The Morgan fingerprint density at radius 2 is 1.58 bits per heavy atom. The Balaban J connectivity index is 1.70. The van der Waals surface area contributed by atoms with Crippen molar-refractivity contribution < 1.29 is 0 Å². The maximum absolute atomic E-state index is 5.09. The number of rotatable bonds is 1. The molecule has 0 aliphatic heterocycles. The molecule has 0 saturated heterocycles. The van der Waals surface area contributed by atoms with E-state index in [0.29, 0.717) is 5.41 Å². The standard InChI is InChI=1S/C17H25NS/c1-16(2,3)14-10-19-15(18-14)17-7-11-4-12(8-17)6-13(5-11)9-17/h10-13H,4-9H2,1-3H3. The zero-order valence-corrected chi connectivity index (χ0v) is 13.2. The second kappa shape index (κ2) is 3.84. The van der Waals surface area contributed by atoms with Gasteiger partial charge in [-0.15, -0.1) is 11.3 Å². The first-order chi connectivity index (χ1) is 8.95. The quantitative estimate of drug-likeness (QED) is 0.709. The molecule has 4 saturated carbocycles. The summed E-state index contributed by atoms with van der Waals surface area (Å²) in [7, 11) is 0. The highest BCUT2D eigenvalue weighted by molar-refractivity contribution is 7.09. The predicted octanol–water partition coefficient (Wildman–Crippen LogP) is 4.91. The lowest BCUT2D eigenvalue weighted by Crippen LogP contribution is -2.48. The van der Waals surface area contributed by atoms with Gasteiger partial charge in [-0.1, -0.05) is 20.8 Å². The summed E-state index contributed by atoms with van der Waals surface area (Å²) in [5.41, 5.74) is 2.00. The van der Waals surface area contributed by atoms with E-state index in [4.69, 9.17) is 4.98 Å². The first-order valence-electron chi connectivity index (χ1n) is 7.91. The van der Waals surface area contributed by atoms with Crippen LogP contribution in [0.5, 0.6) is 0 Å². The molecule has 0 spiro atoms. The van der Waals surface area contributed by atoms with Crippen LogP contribution in [0.1, 0.15) is 70.0 Å². The largest absolute Gasteiger partial charge is 0.245 e. The average Bonchev–Trinajstić information content (AvgIpc) is 2.75. The fourth-order valence-electron chi connectivity index (χ4n) is 5.23. The highest BCUT2D eigenvalue weighted by Gasteiger charge is 2.53. The Bertz CT molecular complexity index is 458. The Hall–Kier alpha value is -0.370. The zero-order valence-electron chi connectivity index (χ0n) is 12.4. The molecule has 0 N–H and O–H groups in total. The first kappa shape index (κ1) is 12.4. The fraction of sp³-hybridized carbons (Fsp3) is 0.824. The van der Waals surface area contributed by atoms with Crippen LogP contribution in [-0.2, 0) is 10.8 Å². The first-order valence-corrected chi connectivity index (χ1v) is 8.79. The van der Waals surface area contributed by atoms with E-state index in [2.05, 4.69) is 26.2 Å². The molecule has 2 heteroatoms. The highest BCUT2D eigenvalue weighted by atomic mass is 32.1. The molecule has 0 aromatic carbocycles. The van der Waals surface area contributed by atoms with Crippen molar-refractivity contribution in [1.82, 2.24) is 4.98 Å². The van der Waals surface area contributed by atoms with Crippen molar-refractivity contribution in [1.29, 1.82) is 0 Å². The number of aromatic nitrogens is 1. The highest BCUT2D eigenvalue weighted by Crippen LogP contribution is 2.61. The lowest BCUT2D eigenvalue weighted by atomic mass is 9.50. The molecule has 1 aromatic heterocycles. The van der Waals surface area contributed by atoms with E-state index in [1.165, 1.54) is 49.2 Å². The average molecular weight is 275 g/mol. The molecule has 0 radical (unpaired) electrons. The molecular weight excluding hydrogens is 250 g/mol. The molecule has 19 heavy (non-hydrogen) atoms. The maximum Gasteiger partial charge on any atom is 0.0990 e. The van der Waals surface area contributed by atoms with Gasteiger partial charge in [-0.25, -0.2) is 4.98 Å². The normalized spacial score (nSPS) is 40.9. The summed E-state index contributed by atoms with van der Waals surface area (Å²) >= 11 is 1.95. The molecule has 4 fully saturated rings. The van der Waals surface area contributed by atoms with Crippen molar-refractivity contribution in [3.05, 3.63) is 16.1 Å². The number of thiazole rings is 1. The Morgan fingerprint density at radius 1 is 1.05 bits per heavy atom. The van der Waals surface area contributed by atoms with Crippen molar-refractivity contribution >= 4 is 11.3 Å². The zero-order chi connectivity index (χ0) is 13.3. The van der Waals surface area contributed by atoms with Crippen LogP contribution in [0.15, 0.2) is 5.38 Å². The van der Waals surface area contributed by atoms with Crippen molar-refractivity contribution in [2.24, 2.45) is 17.8 Å². The molecule has 104 valence electrons. The lowest BCUT2D eigenvalue weighted by molar-refractivity contribution is -0.00537. The number of hydrogen-bond donors (Lipinski definition) is 0. The summed E-state index contributed by atoms with van der Waals surface area (Å²) in [4.78, 5) is 5.09. The fourth-order valence-corrected chi connectivity index (χ4v) is 6.51. The van der Waals surface area contributed by atoms with Crippen LogP contribution in [0.3, 0.4) is 0 Å². The second-order valence-corrected chi connectivity index (χ2v) is 9.34. The minimum atomic E-state index is 0.205. The van der Waals surface area contributed by atoms with E-state index in [9.17, 15) is 0 Å². The summed E-state index contributed by atoms with van der Waals surface area (Å²) in [5, 5.41) is 3.81. The summed E-state index contributed by atoms with van der Waals surface area (Å²) in [6.45, 7) is 6.85. The van der Waals surface area contributed by atoms with Gasteiger partial charge < -0.3 is 0 Å². The van der Waals surface area contributed by atoms with Gasteiger partial charge in [-0.2, -0.15) is 0 Å². The molecule has 0 amide bonds. The van der Waals surface area contributed by atoms with Gasteiger partial charge in [0.15, 0.2) is 0 Å². The second-order valence-electron chi connectivity index (χ2n) is 8.49. The maximum atomic E-state index is 5.09. The molecular formula is C17H25NS. The predicted molar refractivity (Wildman–Crippen MR) is 80.7 cm³/mol. The summed E-state index contributed by atoms with van der Waals surface area (Å²) in [6.07, 6.45) is 8.90. The van der Waals surface area contributed by atoms with E-state index in [0.717, 1.165) is 17.8 Å². The molecule has 4 aliphatic carbocycles. The minimum absolute atomic E-state index is 0.205. The molecule has 1 nitrogen and oxygen atoms in total. The van der Waals surface area contributed by atoms with Crippen LogP contribution in [0.4, 0.5) is 0 Å². The smallest absolute Gasteiger partial charge is 0.0990 e. The van der Waals surface area contributed by atoms with Crippen molar-refractivity contribution in [3.63, 3.8) is 0 Å². The van der Waals surface area contributed by atoms with Crippen LogP contribution >= 0.6 is 11.3 Å². The van der Waals surface area contributed by atoms with Gasteiger partial charge in [-0.05, 0) is 56.3 Å². The molecule has 4 bridgehead atoms. The van der Waals surface area contributed by atoms with Gasteiger partial charge in [0.25, 0.3) is 0 Å². The Labute approximate surface area is 120 Å². The Morgan fingerprint density at radius 3 is 2.00 bits per heavy atom. The van der Waals surface area contributed by atoms with Crippen LogP contribution in [0.25, 0.3) is 0 Å². The molecule has 0 unspecified atom stereocenters. The summed E-state index contributed by atoms with van der Waals surface area (Å²) in [5.74, 6) is 3.06. The third kappa shape index (κ3) is 1.90. The molecule has 0 atom stereocenters. The molecule has 4 aliphatic rings. The minimum Gasteiger partial charge on any atom is -0.245 e. The van der Waals surface area contributed by atoms with E-state index in [-0.39, 0.29) is 5.41 Å². The topological polar surface area (TPSA) is 12.9 Å². The van der Waals surface area contributed by atoms with Crippen molar-refractivity contribution in [2.75, 3.05) is 0 Å². The summed E-state index contributed by atoms with van der Waals surface area (Å²) < 4.78 is 0. The van der Waals surface area contributed by atoms with E-state index in [1.54, 1.807) is 0 Å². The Kier molecular flexibility index (Phi) is 2.50. The van der Waals surface area contributed by atoms with E-state index in [1.807, 2.05) is 11.3 Å². The van der Waals surface area contributed by atoms with Crippen molar-refractivity contribution in [3.8, 4) is 0 Å². The third-order valence-electron chi connectivity index (χ3n) is 5.76. The molecule has 5 rings (SSSR count). The van der Waals surface area contributed by atoms with Gasteiger partial charge in [0, 0.05) is 16.2 Å². The van der Waals surface area contributed by atoms with Gasteiger partial charge in [0.2, 0.25) is 0 Å². The van der Waals surface area contributed by atoms with Crippen LogP contribution < -0.4 is 0 Å². The van der Waals surface area contributed by atoms with Crippen LogP contribution in [-0.4, -0.2) is 4.98 Å². The van der Waals surface area contributed by atoms with Gasteiger partial charge in [0.05, 0.1) is 10.7 Å². The van der Waals surface area contributed by atoms with E-state index < -0.39 is 0 Å². The van der Waals surface area contributed by atoms with Gasteiger partial charge in [-0.3, -0.25) is 0 Å². The van der Waals surface area contributed by atoms with E-state index >= 15 is 0 Å². The lowest BCUT2D eigenvalue weighted by Gasteiger charge is -2.56.